The number of halogens is 1. The van der Waals surface area contributed by atoms with Gasteiger partial charge >= 0.3 is 0 Å². The van der Waals surface area contributed by atoms with E-state index in [4.69, 9.17) is 4.74 Å². The number of ether oxygens (including phenoxy) is 1. The van der Waals surface area contributed by atoms with Gasteiger partial charge in [0.15, 0.2) is 0 Å². The largest absolute Gasteiger partial charge is 0.385 e. The van der Waals surface area contributed by atoms with Crippen LogP contribution in [0.5, 0.6) is 0 Å². The molecule has 1 saturated carbocycles. The van der Waals surface area contributed by atoms with Gasteiger partial charge in [0.2, 0.25) is 0 Å². The molecule has 0 amide bonds. The fourth-order valence-electron chi connectivity index (χ4n) is 2.36. The summed E-state index contributed by atoms with van der Waals surface area (Å²) < 4.78 is 6.29. The molecule has 3 heteroatoms. The first-order valence-corrected chi connectivity index (χ1v) is 8.06. The third-order valence-corrected chi connectivity index (χ3v) is 4.25. The molecule has 1 aliphatic carbocycles. The summed E-state index contributed by atoms with van der Waals surface area (Å²) >= 11 is 3.51. The zero-order valence-corrected chi connectivity index (χ0v) is 13.3. The van der Waals surface area contributed by atoms with E-state index in [9.17, 15) is 0 Å². The molecule has 1 fully saturated rings. The minimum Gasteiger partial charge on any atom is -0.385 e. The molecular formula is C16H24BrNO. The molecule has 19 heavy (non-hydrogen) atoms. The van der Waals surface area contributed by atoms with Crippen molar-refractivity contribution in [1.29, 1.82) is 0 Å². The maximum absolute atomic E-state index is 5.13. The van der Waals surface area contributed by atoms with Crippen molar-refractivity contribution in [1.82, 2.24) is 5.32 Å². The molecule has 0 bridgehead atoms. The summed E-state index contributed by atoms with van der Waals surface area (Å²) in [7, 11) is 1.78. The summed E-state index contributed by atoms with van der Waals surface area (Å²) in [5, 5.41) is 3.67. The molecule has 0 aromatic heterocycles. The third-order valence-electron chi connectivity index (χ3n) is 3.72. The number of unbranched alkanes of at least 4 members (excludes halogenated alkanes) is 1. The fourth-order valence-corrected chi connectivity index (χ4v) is 2.62. The third kappa shape index (κ3) is 5.64. The second kappa shape index (κ2) is 8.03. The molecule has 0 spiro atoms. The molecule has 0 aliphatic heterocycles. The van der Waals surface area contributed by atoms with Crippen molar-refractivity contribution in [3.63, 3.8) is 0 Å². The van der Waals surface area contributed by atoms with Gasteiger partial charge < -0.3 is 10.1 Å². The summed E-state index contributed by atoms with van der Waals surface area (Å²) in [6.45, 7) is 1.99. The van der Waals surface area contributed by atoms with Crippen LogP contribution >= 0.6 is 15.9 Å². The summed E-state index contributed by atoms with van der Waals surface area (Å²) in [5.41, 5.74) is 1.45. The first kappa shape index (κ1) is 15.0. The van der Waals surface area contributed by atoms with E-state index in [0.717, 1.165) is 30.1 Å². The van der Waals surface area contributed by atoms with E-state index in [0.29, 0.717) is 5.92 Å². The highest BCUT2D eigenvalue weighted by Gasteiger charge is 2.22. The average Bonchev–Trinajstić information content (AvgIpc) is 3.23. The van der Waals surface area contributed by atoms with Crippen molar-refractivity contribution in [3.05, 3.63) is 34.3 Å². The van der Waals surface area contributed by atoms with Gasteiger partial charge in [-0.05, 0) is 49.3 Å². The van der Waals surface area contributed by atoms with E-state index < -0.39 is 0 Å². The molecule has 2 nitrogen and oxygen atoms in total. The monoisotopic (exact) mass is 325 g/mol. The van der Waals surface area contributed by atoms with Crippen LogP contribution in [-0.4, -0.2) is 26.3 Å². The van der Waals surface area contributed by atoms with Crippen molar-refractivity contribution in [2.45, 2.75) is 44.1 Å². The first-order chi connectivity index (χ1) is 9.29. The van der Waals surface area contributed by atoms with Gasteiger partial charge in [-0.2, -0.15) is 0 Å². The molecule has 1 atom stereocenters. The average molecular weight is 326 g/mol. The van der Waals surface area contributed by atoms with E-state index in [1.807, 2.05) is 0 Å². The van der Waals surface area contributed by atoms with Crippen LogP contribution in [0.15, 0.2) is 28.7 Å². The van der Waals surface area contributed by atoms with Crippen molar-refractivity contribution >= 4 is 15.9 Å². The Morgan fingerprint density at radius 1 is 1.26 bits per heavy atom. The predicted molar refractivity (Wildman–Crippen MR) is 83.6 cm³/mol. The highest BCUT2D eigenvalue weighted by Crippen LogP contribution is 2.25. The van der Waals surface area contributed by atoms with Crippen LogP contribution in [0.1, 0.15) is 43.6 Å². The Labute approximate surface area is 125 Å². The quantitative estimate of drug-likeness (QED) is 0.690. The van der Waals surface area contributed by atoms with E-state index in [1.54, 1.807) is 7.11 Å². The Hall–Kier alpha value is -0.380. The number of methoxy groups -OCH3 is 1. The van der Waals surface area contributed by atoms with Crippen LogP contribution in [0.2, 0.25) is 0 Å². The normalized spacial score (nSPS) is 16.5. The smallest absolute Gasteiger partial charge is 0.0462 e. The van der Waals surface area contributed by atoms with Gasteiger partial charge in [-0.1, -0.05) is 34.5 Å². The Morgan fingerprint density at radius 3 is 2.63 bits per heavy atom. The zero-order valence-electron chi connectivity index (χ0n) is 11.7. The number of hydrogen-bond donors (Lipinski definition) is 1. The zero-order chi connectivity index (χ0) is 13.5. The van der Waals surface area contributed by atoms with Crippen LogP contribution < -0.4 is 5.32 Å². The molecule has 106 valence electrons. The highest BCUT2D eigenvalue weighted by molar-refractivity contribution is 9.10. The SMILES string of the molecule is COCCCCC(CNC1CC1)c1ccc(Br)cc1. The number of benzene rings is 1. The molecule has 0 heterocycles. The second-order valence-electron chi connectivity index (χ2n) is 5.42. The summed E-state index contributed by atoms with van der Waals surface area (Å²) in [6, 6.07) is 9.58. The number of hydrogen-bond acceptors (Lipinski definition) is 2. The molecule has 1 aliphatic rings. The first-order valence-electron chi connectivity index (χ1n) is 7.27. The molecule has 1 unspecified atom stereocenters. The van der Waals surface area contributed by atoms with Gasteiger partial charge in [-0.25, -0.2) is 0 Å². The van der Waals surface area contributed by atoms with Crippen molar-refractivity contribution in [3.8, 4) is 0 Å². The summed E-state index contributed by atoms with van der Waals surface area (Å²) in [5.74, 6) is 0.630. The van der Waals surface area contributed by atoms with Crippen LogP contribution in [0.4, 0.5) is 0 Å². The van der Waals surface area contributed by atoms with Crippen molar-refractivity contribution in [2.75, 3.05) is 20.3 Å². The standard InChI is InChI=1S/C16H24BrNO/c1-19-11-3-2-4-14(12-18-16-9-10-16)13-5-7-15(17)8-6-13/h5-8,14,16,18H,2-4,9-12H2,1H3. The minimum absolute atomic E-state index is 0.630. The van der Waals surface area contributed by atoms with Crippen LogP contribution in [-0.2, 0) is 4.74 Å². The van der Waals surface area contributed by atoms with Gasteiger partial charge in [0.25, 0.3) is 0 Å². The van der Waals surface area contributed by atoms with E-state index in [-0.39, 0.29) is 0 Å². The summed E-state index contributed by atoms with van der Waals surface area (Å²) in [4.78, 5) is 0. The molecular weight excluding hydrogens is 302 g/mol. The van der Waals surface area contributed by atoms with E-state index in [2.05, 4.69) is 45.5 Å². The highest BCUT2D eigenvalue weighted by atomic mass is 79.9. The minimum atomic E-state index is 0.630. The van der Waals surface area contributed by atoms with Crippen LogP contribution in [0.3, 0.4) is 0 Å². The van der Waals surface area contributed by atoms with Crippen molar-refractivity contribution < 1.29 is 4.74 Å². The predicted octanol–water partition coefficient (Wildman–Crippen LogP) is 4.10. The molecule has 0 saturated heterocycles. The Morgan fingerprint density at radius 2 is 2.00 bits per heavy atom. The maximum atomic E-state index is 5.13. The lowest BCUT2D eigenvalue weighted by Crippen LogP contribution is -2.23. The van der Waals surface area contributed by atoms with E-state index in [1.165, 1.54) is 31.2 Å². The Kier molecular flexibility index (Phi) is 6.35. The molecule has 2 rings (SSSR count). The van der Waals surface area contributed by atoms with Gasteiger partial charge in [-0.15, -0.1) is 0 Å². The number of nitrogens with one attached hydrogen (secondary N) is 1. The second-order valence-corrected chi connectivity index (χ2v) is 6.34. The lowest BCUT2D eigenvalue weighted by atomic mass is 9.93. The fraction of sp³-hybridized carbons (Fsp3) is 0.625. The van der Waals surface area contributed by atoms with E-state index >= 15 is 0 Å². The van der Waals surface area contributed by atoms with Gasteiger partial charge in [0, 0.05) is 30.8 Å². The van der Waals surface area contributed by atoms with Gasteiger partial charge in [0.1, 0.15) is 0 Å². The summed E-state index contributed by atoms with van der Waals surface area (Å²) in [6.07, 6.45) is 6.35. The van der Waals surface area contributed by atoms with Crippen molar-refractivity contribution in [2.24, 2.45) is 0 Å². The Bertz CT molecular complexity index is 362. The molecule has 0 radical (unpaired) electrons. The van der Waals surface area contributed by atoms with Gasteiger partial charge in [0.05, 0.1) is 0 Å². The Balaban J connectivity index is 1.85. The topological polar surface area (TPSA) is 21.3 Å². The maximum Gasteiger partial charge on any atom is 0.0462 e. The lowest BCUT2D eigenvalue weighted by molar-refractivity contribution is 0.191. The van der Waals surface area contributed by atoms with Gasteiger partial charge in [-0.3, -0.25) is 0 Å². The molecule has 1 aromatic rings. The molecule has 1 N–H and O–H groups in total. The van der Waals surface area contributed by atoms with Crippen LogP contribution in [0, 0.1) is 0 Å². The lowest BCUT2D eigenvalue weighted by Gasteiger charge is -2.18. The van der Waals surface area contributed by atoms with Crippen LogP contribution in [0.25, 0.3) is 0 Å². The number of rotatable bonds is 9. The molecule has 1 aromatic carbocycles.